The van der Waals surface area contributed by atoms with Crippen LogP contribution in [-0.2, 0) is 16.3 Å². The summed E-state index contributed by atoms with van der Waals surface area (Å²) in [4.78, 5) is 27.8. The van der Waals surface area contributed by atoms with Crippen LogP contribution in [0.4, 0.5) is 11.4 Å². The molecule has 3 aromatic rings. The van der Waals surface area contributed by atoms with Crippen molar-refractivity contribution in [1.82, 2.24) is 4.57 Å². The smallest absolute Gasteiger partial charge is 0.310 e. The lowest BCUT2D eigenvalue weighted by atomic mass is 10.0. The third-order valence-corrected chi connectivity index (χ3v) is 7.13. The van der Waals surface area contributed by atoms with E-state index in [9.17, 15) is 9.59 Å². The Labute approximate surface area is 207 Å². The molecule has 0 spiro atoms. The van der Waals surface area contributed by atoms with Crippen LogP contribution in [0.5, 0.6) is 0 Å². The molecule has 0 saturated carbocycles. The number of nitrogens with one attached hydrogen (secondary N) is 1. The number of nitrogens with zero attached hydrogens (tertiary/aromatic N) is 1. The summed E-state index contributed by atoms with van der Waals surface area (Å²) < 4.78 is 6.96. The average Bonchev–Trinajstić information content (AvgIpc) is 2.80. The number of pyridine rings is 1. The number of unbranched alkanes of at least 4 members (excludes halogenated alkanes) is 1. The van der Waals surface area contributed by atoms with E-state index in [1.807, 2.05) is 37.3 Å². The van der Waals surface area contributed by atoms with Crippen LogP contribution in [0.3, 0.4) is 0 Å². The largest absolute Gasteiger partial charge is 0.444 e. The minimum atomic E-state index is -0.299. The van der Waals surface area contributed by atoms with E-state index in [0.29, 0.717) is 21.3 Å². The predicted octanol–water partition coefficient (Wildman–Crippen LogP) is 7.36. The van der Waals surface area contributed by atoms with E-state index in [-0.39, 0.29) is 24.2 Å². The summed E-state index contributed by atoms with van der Waals surface area (Å²) in [5, 5.41) is 4.57. The van der Waals surface area contributed by atoms with E-state index in [0.717, 1.165) is 40.3 Å². The summed E-state index contributed by atoms with van der Waals surface area (Å²) in [6.07, 6.45) is 4.48. The van der Waals surface area contributed by atoms with Gasteiger partial charge in [-0.3, -0.25) is 14.2 Å². The van der Waals surface area contributed by atoms with Gasteiger partial charge in [0, 0.05) is 21.1 Å². The second-order valence-corrected chi connectivity index (χ2v) is 9.99. The van der Waals surface area contributed by atoms with Crippen LogP contribution in [0.15, 0.2) is 63.2 Å². The Hall–Kier alpha value is -2.41. The van der Waals surface area contributed by atoms with Crippen molar-refractivity contribution in [3.05, 3.63) is 69.1 Å². The van der Waals surface area contributed by atoms with Gasteiger partial charge in [-0.05, 0) is 42.3 Å². The SMILES string of the molecule is CCCCC(C)C(=O)OCn1cc2c(c(-c3ccc(Cl)cc3)c1=O)Nc1cc(Cl)ccc1S2. The van der Waals surface area contributed by atoms with E-state index in [1.165, 1.54) is 16.3 Å². The minimum Gasteiger partial charge on any atom is -0.444 e. The normalized spacial score (nSPS) is 13.0. The van der Waals surface area contributed by atoms with Crippen LogP contribution < -0.4 is 10.9 Å². The van der Waals surface area contributed by atoms with E-state index in [1.54, 1.807) is 18.3 Å². The molecule has 2 heterocycles. The summed E-state index contributed by atoms with van der Waals surface area (Å²) in [6.45, 7) is 3.80. The van der Waals surface area contributed by atoms with Gasteiger partial charge < -0.3 is 10.1 Å². The summed E-state index contributed by atoms with van der Waals surface area (Å²) >= 11 is 13.8. The first-order chi connectivity index (χ1) is 15.9. The topological polar surface area (TPSA) is 60.3 Å². The Morgan fingerprint density at radius 1 is 1.12 bits per heavy atom. The van der Waals surface area contributed by atoms with Crippen molar-refractivity contribution in [2.24, 2.45) is 5.92 Å². The number of aromatic nitrogens is 1. The number of halogens is 2. The van der Waals surface area contributed by atoms with Gasteiger partial charge in [0.1, 0.15) is 0 Å². The molecule has 0 aliphatic carbocycles. The zero-order valence-corrected chi connectivity index (χ0v) is 20.7. The zero-order chi connectivity index (χ0) is 23.5. The first kappa shape index (κ1) is 23.7. The van der Waals surface area contributed by atoms with Gasteiger partial charge in [-0.15, -0.1) is 0 Å². The molecule has 0 fully saturated rings. The Bertz CT molecular complexity index is 1240. The highest BCUT2D eigenvalue weighted by atomic mass is 35.5. The van der Waals surface area contributed by atoms with E-state index in [4.69, 9.17) is 27.9 Å². The molecule has 0 saturated heterocycles. The van der Waals surface area contributed by atoms with Gasteiger partial charge >= 0.3 is 5.97 Å². The third kappa shape index (κ3) is 5.24. The molecule has 4 rings (SSSR count). The number of esters is 1. The number of hydrogen-bond donors (Lipinski definition) is 1. The number of ether oxygens (including phenoxy) is 1. The molecule has 172 valence electrons. The first-order valence-corrected chi connectivity index (χ1v) is 12.4. The molecule has 1 aliphatic heterocycles. The number of hydrogen-bond acceptors (Lipinski definition) is 5. The summed E-state index contributed by atoms with van der Waals surface area (Å²) in [7, 11) is 0. The standard InChI is InChI=1S/C25H24Cl2N2O3S/c1-3-4-5-15(2)25(31)32-14-29-13-21-23(28-19-12-18(27)10-11-20(19)33-21)22(24(29)30)16-6-8-17(26)9-7-16/h6-13,15,28H,3-5,14H2,1-2H3. The van der Waals surface area contributed by atoms with Crippen molar-refractivity contribution in [3.8, 4) is 11.1 Å². The number of rotatable bonds is 7. The van der Waals surface area contributed by atoms with Gasteiger partial charge in [0.25, 0.3) is 5.56 Å². The van der Waals surface area contributed by atoms with Gasteiger partial charge in [-0.1, -0.05) is 73.8 Å². The molecular formula is C25H24Cl2N2O3S. The van der Waals surface area contributed by atoms with Gasteiger partial charge in [-0.25, -0.2) is 0 Å². The van der Waals surface area contributed by atoms with Crippen LogP contribution in [0.1, 0.15) is 33.1 Å². The van der Waals surface area contributed by atoms with Gasteiger partial charge in [0.2, 0.25) is 0 Å². The van der Waals surface area contributed by atoms with E-state index < -0.39 is 0 Å². The second-order valence-electron chi connectivity index (χ2n) is 8.03. The highest BCUT2D eigenvalue weighted by Gasteiger charge is 2.24. The molecule has 2 aromatic carbocycles. The van der Waals surface area contributed by atoms with Crippen LogP contribution in [-0.4, -0.2) is 10.5 Å². The molecule has 8 heteroatoms. The molecule has 1 aliphatic rings. The molecule has 33 heavy (non-hydrogen) atoms. The van der Waals surface area contributed by atoms with Gasteiger partial charge in [0.05, 0.1) is 27.8 Å². The van der Waals surface area contributed by atoms with Gasteiger partial charge in [-0.2, -0.15) is 0 Å². The van der Waals surface area contributed by atoms with Crippen LogP contribution in [0.2, 0.25) is 10.0 Å². The first-order valence-electron chi connectivity index (χ1n) is 10.8. The third-order valence-electron chi connectivity index (χ3n) is 5.54. The van der Waals surface area contributed by atoms with Crippen molar-refractivity contribution in [2.45, 2.75) is 49.6 Å². The minimum absolute atomic E-state index is 0.143. The number of carbonyl (C=O) groups is 1. The van der Waals surface area contributed by atoms with Gasteiger partial charge in [0.15, 0.2) is 6.73 Å². The Balaban J connectivity index is 1.72. The molecule has 0 bridgehead atoms. The number of anilines is 2. The molecule has 5 nitrogen and oxygen atoms in total. The van der Waals surface area contributed by atoms with Crippen molar-refractivity contribution in [3.63, 3.8) is 0 Å². The molecule has 1 atom stereocenters. The fourth-order valence-corrected chi connectivity index (χ4v) is 4.99. The van der Waals surface area contributed by atoms with E-state index in [2.05, 4.69) is 12.2 Å². The zero-order valence-electron chi connectivity index (χ0n) is 18.4. The summed E-state index contributed by atoms with van der Waals surface area (Å²) in [5.41, 5.74) is 2.47. The fraction of sp³-hybridized carbons (Fsp3) is 0.280. The van der Waals surface area contributed by atoms with Crippen molar-refractivity contribution < 1.29 is 9.53 Å². The van der Waals surface area contributed by atoms with Crippen molar-refractivity contribution in [1.29, 1.82) is 0 Å². The Morgan fingerprint density at radius 3 is 2.58 bits per heavy atom. The second kappa shape index (κ2) is 10.2. The highest BCUT2D eigenvalue weighted by Crippen LogP contribution is 2.47. The number of fused-ring (bicyclic) bond motifs is 2. The molecule has 0 amide bonds. The predicted molar refractivity (Wildman–Crippen MR) is 135 cm³/mol. The molecular weight excluding hydrogens is 479 g/mol. The molecule has 1 unspecified atom stereocenters. The number of carbonyl (C=O) groups excluding carboxylic acids is 1. The maximum absolute atomic E-state index is 13.5. The van der Waals surface area contributed by atoms with Crippen molar-refractivity contribution in [2.75, 3.05) is 5.32 Å². The fourth-order valence-electron chi connectivity index (χ4n) is 3.67. The molecule has 1 N–H and O–H groups in total. The van der Waals surface area contributed by atoms with Crippen LogP contribution in [0.25, 0.3) is 11.1 Å². The lowest BCUT2D eigenvalue weighted by molar-refractivity contribution is -0.152. The Morgan fingerprint density at radius 2 is 1.85 bits per heavy atom. The van der Waals surface area contributed by atoms with Crippen LogP contribution >= 0.6 is 35.0 Å². The lowest BCUT2D eigenvalue weighted by Gasteiger charge is -2.25. The van der Waals surface area contributed by atoms with E-state index >= 15 is 0 Å². The lowest BCUT2D eigenvalue weighted by Crippen LogP contribution is -2.27. The van der Waals surface area contributed by atoms with Crippen molar-refractivity contribution >= 4 is 52.3 Å². The monoisotopic (exact) mass is 502 g/mol. The number of benzene rings is 2. The molecule has 1 aromatic heterocycles. The van der Waals surface area contributed by atoms with Crippen LogP contribution in [0, 0.1) is 5.92 Å². The quantitative estimate of drug-likeness (QED) is 0.267. The Kier molecular flexibility index (Phi) is 7.37. The maximum atomic E-state index is 13.5. The average molecular weight is 503 g/mol. The summed E-state index contributed by atoms with van der Waals surface area (Å²) in [5.74, 6) is -0.506. The molecule has 0 radical (unpaired) electrons. The maximum Gasteiger partial charge on any atom is 0.310 e. The summed E-state index contributed by atoms with van der Waals surface area (Å²) in [6, 6.07) is 12.7. The highest BCUT2D eigenvalue weighted by molar-refractivity contribution is 7.99.